The zero-order valence-corrected chi connectivity index (χ0v) is 14.6. The molecule has 0 saturated carbocycles. The molecule has 3 nitrogen and oxygen atoms in total. The van der Waals surface area contributed by atoms with Crippen LogP contribution >= 0.6 is 0 Å². The maximum absolute atomic E-state index is 12.7. The molecular formula is C19H16F3NO2S. The molecule has 0 radical (unpaired) electrons. The monoisotopic (exact) mass is 379 g/mol. The highest BCUT2D eigenvalue weighted by molar-refractivity contribution is 7.89. The molecule has 1 aliphatic carbocycles. The molecule has 26 heavy (non-hydrogen) atoms. The first-order valence-electron chi connectivity index (χ1n) is 7.80. The summed E-state index contributed by atoms with van der Waals surface area (Å²) in [5, 5.41) is 5.10. The van der Waals surface area contributed by atoms with Crippen molar-refractivity contribution in [2.45, 2.75) is 18.0 Å². The molecule has 2 N–H and O–H groups in total. The maximum Gasteiger partial charge on any atom is 0.416 e. The number of hydrogen-bond donors (Lipinski definition) is 1. The molecule has 2 aromatic carbocycles. The summed E-state index contributed by atoms with van der Waals surface area (Å²) in [7, 11) is -3.78. The van der Waals surface area contributed by atoms with Crippen molar-refractivity contribution in [1.82, 2.24) is 0 Å². The maximum atomic E-state index is 12.7. The molecule has 1 atom stereocenters. The van der Waals surface area contributed by atoms with Crippen LogP contribution in [0.1, 0.15) is 23.6 Å². The number of hydrogen-bond acceptors (Lipinski definition) is 2. The fraction of sp³-hybridized carbons (Fsp3) is 0.158. The van der Waals surface area contributed by atoms with Gasteiger partial charge in [0.15, 0.2) is 0 Å². The minimum Gasteiger partial charge on any atom is -0.225 e. The highest BCUT2D eigenvalue weighted by atomic mass is 32.2. The summed E-state index contributed by atoms with van der Waals surface area (Å²) in [6.07, 6.45) is -0.428. The van der Waals surface area contributed by atoms with Crippen molar-refractivity contribution < 1.29 is 21.6 Å². The first kappa shape index (κ1) is 18.4. The number of rotatable bonds is 3. The SMILES string of the molecule is CC1C=C(c2ccc(C(F)(F)F)cc2)C(c2ccc(S(N)(=O)=O)cc2)=C1. The summed E-state index contributed by atoms with van der Waals surface area (Å²) in [5.74, 6) is 0.111. The van der Waals surface area contributed by atoms with Crippen LogP contribution in [0.3, 0.4) is 0 Å². The van der Waals surface area contributed by atoms with E-state index in [2.05, 4.69) is 0 Å². The Labute approximate surface area is 149 Å². The second-order valence-corrected chi connectivity index (χ2v) is 7.73. The van der Waals surface area contributed by atoms with E-state index in [-0.39, 0.29) is 10.8 Å². The van der Waals surface area contributed by atoms with Crippen molar-refractivity contribution in [3.05, 3.63) is 77.4 Å². The highest BCUT2D eigenvalue weighted by Crippen LogP contribution is 2.39. The number of nitrogens with two attached hydrogens (primary N) is 1. The largest absolute Gasteiger partial charge is 0.416 e. The van der Waals surface area contributed by atoms with Gasteiger partial charge in [-0.15, -0.1) is 0 Å². The molecule has 0 fully saturated rings. The van der Waals surface area contributed by atoms with Gasteiger partial charge in [-0.05, 0) is 52.5 Å². The molecule has 3 rings (SSSR count). The lowest BCUT2D eigenvalue weighted by molar-refractivity contribution is -0.137. The Morgan fingerprint density at radius 1 is 0.846 bits per heavy atom. The number of primary sulfonamides is 1. The lowest BCUT2D eigenvalue weighted by Crippen LogP contribution is -2.11. The lowest BCUT2D eigenvalue weighted by atomic mass is 9.94. The van der Waals surface area contributed by atoms with Crippen LogP contribution in [0.4, 0.5) is 13.2 Å². The summed E-state index contributed by atoms with van der Waals surface area (Å²) >= 11 is 0. The molecule has 0 spiro atoms. The molecule has 0 heterocycles. The molecular weight excluding hydrogens is 363 g/mol. The molecule has 7 heteroatoms. The van der Waals surface area contributed by atoms with E-state index in [0.29, 0.717) is 5.56 Å². The Morgan fingerprint density at radius 3 is 1.65 bits per heavy atom. The van der Waals surface area contributed by atoms with Crippen molar-refractivity contribution in [1.29, 1.82) is 0 Å². The average Bonchev–Trinajstić information content (AvgIpc) is 2.95. The number of alkyl halides is 3. The van der Waals surface area contributed by atoms with Crippen LogP contribution in [0.25, 0.3) is 11.1 Å². The second-order valence-electron chi connectivity index (χ2n) is 6.16. The normalized spacial score (nSPS) is 17.8. The molecule has 1 unspecified atom stereocenters. The van der Waals surface area contributed by atoms with E-state index in [0.717, 1.165) is 28.8 Å². The van der Waals surface area contributed by atoms with Gasteiger partial charge in [-0.25, -0.2) is 13.6 Å². The highest BCUT2D eigenvalue weighted by Gasteiger charge is 2.30. The second kappa shape index (κ2) is 6.41. The number of sulfonamides is 1. The van der Waals surface area contributed by atoms with E-state index in [9.17, 15) is 21.6 Å². The van der Waals surface area contributed by atoms with Gasteiger partial charge in [0.05, 0.1) is 10.5 Å². The van der Waals surface area contributed by atoms with Crippen LogP contribution in [-0.4, -0.2) is 8.42 Å². The van der Waals surface area contributed by atoms with Gasteiger partial charge in [0, 0.05) is 0 Å². The van der Waals surface area contributed by atoms with E-state index < -0.39 is 21.8 Å². The Hall–Kier alpha value is -2.38. The predicted molar refractivity (Wildman–Crippen MR) is 94.4 cm³/mol. The van der Waals surface area contributed by atoms with E-state index in [4.69, 9.17) is 5.14 Å². The zero-order chi connectivity index (χ0) is 19.1. The van der Waals surface area contributed by atoms with Crippen LogP contribution in [0, 0.1) is 5.92 Å². The molecule has 1 aliphatic rings. The molecule has 0 bridgehead atoms. The summed E-state index contributed by atoms with van der Waals surface area (Å²) in [6.45, 7) is 1.97. The van der Waals surface area contributed by atoms with Gasteiger partial charge in [-0.2, -0.15) is 13.2 Å². The van der Waals surface area contributed by atoms with Gasteiger partial charge in [0.2, 0.25) is 10.0 Å². The summed E-state index contributed by atoms with van der Waals surface area (Å²) < 4.78 is 61.0. The minimum atomic E-state index is -4.38. The number of allylic oxidation sites excluding steroid dienone is 4. The molecule has 136 valence electrons. The Bertz CT molecular complexity index is 987. The van der Waals surface area contributed by atoms with Crippen LogP contribution in [0.15, 0.2) is 65.6 Å². The third-order valence-electron chi connectivity index (χ3n) is 4.17. The average molecular weight is 379 g/mol. The topological polar surface area (TPSA) is 60.2 Å². The quantitative estimate of drug-likeness (QED) is 0.855. The van der Waals surface area contributed by atoms with E-state index in [1.165, 1.54) is 24.3 Å². The summed E-state index contributed by atoms with van der Waals surface area (Å²) in [4.78, 5) is 0.00737. The van der Waals surface area contributed by atoms with Gasteiger partial charge in [-0.3, -0.25) is 0 Å². The Kier molecular flexibility index (Phi) is 4.54. The molecule has 0 aliphatic heterocycles. The smallest absolute Gasteiger partial charge is 0.225 e. The summed E-state index contributed by atoms with van der Waals surface area (Å²) in [5.41, 5.74) is 2.40. The van der Waals surface area contributed by atoms with Gasteiger partial charge < -0.3 is 0 Å². The van der Waals surface area contributed by atoms with Crippen molar-refractivity contribution >= 4 is 21.2 Å². The zero-order valence-electron chi connectivity index (χ0n) is 13.8. The predicted octanol–water partition coefficient (Wildman–Crippen LogP) is 4.47. The molecule has 0 amide bonds. The van der Waals surface area contributed by atoms with E-state index in [1.54, 1.807) is 12.1 Å². The third kappa shape index (κ3) is 3.73. The van der Waals surface area contributed by atoms with Gasteiger partial charge >= 0.3 is 6.18 Å². The third-order valence-corrected chi connectivity index (χ3v) is 5.10. The standard InChI is InChI=1S/C19H16F3NO2S/c1-12-10-17(13-2-6-15(7-3-13)19(20,21)22)18(11-12)14-4-8-16(9-5-14)26(23,24)25/h2-12H,1H3,(H2,23,24,25). The lowest BCUT2D eigenvalue weighted by Gasteiger charge is -2.12. The fourth-order valence-corrected chi connectivity index (χ4v) is 3.44. The van der Waals surface area contributed by atoms with Gasteiger partial charge in [0.25, 0.3) is 0 Å². The van der Waals surface area contributed by atoms with Crippen LogP contribution < -0.4 is 5.14 Å². The molecule has 0 aromatic heterocycles. The Morgan fingerprint density at radius 2 is 1.27 bits per heavy atom. The first-order valence-corrected chi connectivity index (χ1v) is 9.35. The summed E-state index contributed by atoms with van der Waals surface area (Å²) in [6, 6.07) is 11.1. The van der Waals surface area contributed by atoms with Crippen molar-refractivity contribution in [2.24, 2.45) is 11.1 Å². The van der Waals surface area contributed by atoms with Crippen molar-refractivity contribution in [3.63, 3.8) is 0 Å². The van der Waals surface area contributed by atoms with Crippen LogP contribution in [0.5, 0.6) is 0 Å². The number of benzene rings is 2. The van der Waals surface area contributed by atoms with Crippen molar-refractivity contribution in [3.8, 4) is 0 Å². The fourth-order valence-electron chi connectivity index (χ4n) is 2.92. The minimum absolute atomic E-state index is 0.00737. The van der Waals surface area contributed by atoms with E-state index in [1.807, 2.05) is 19.1 Å². The van der Waals surface area contributed by atoms with Gasteiger partial charge in [-0.1, -0.05) is 43.3 Å². The Balaban J connectivity index is 1.96. The van der Waals surface area contributed by atoms with Crippen molar-refractivity contribution in [2.75, 3.05) is 0 Å². The first-order chi connectivity index (χ1) is 12.1. The number of halogens is 3. The van der Waals surface area contributed by atoms with Crippen LogP contribution in [0.2, 0.25) is 0 Å². The van der Waals surface area contributed by atoms with Crippen LogP contribution in [-0.2, 0) is 16.2 Å². The molecule has 2 aromatic rings. The molecule has 0 saturated heterocycles. The van der Waals surface area contributed by atoms with Gasteiger partial charge in [0.1, 0.15) is 0 Å². The van der Waals surface area contributed by atoms with E-state index >= 15 is 0 Å².